The highest BCUT2D eigenvalue weighted by molar-refractivity contribution is 8.14. The number of nitrogens with zero attached hydrogens (tertiary/aromatic N) is 1. The van der Waals surface area contributed by atoms with Crippen LogP contribution in [0.2, 0.25) is 0 Å². The highest BCUT2D eigenvalue weighted by Crippen LogP contribution is 2.43. The van der Waals surface area contributed by atoms with Gasteiger partial charge in [-0.15, -0.1) is 0 Å². The van der Waals surface area contributed by atoms with Gasteiger partial charge in [0.15, 0.2) is 5.17 Å². The predicted octanol–water partition coefficient (Wildman–Crippen LogP) is 1.37. The minimum atomic E-state index is -0.0444. The lowest BCUT2D eigenvalue weighted by Gasteiger charge is -2.25. The summed E-state index contributed by atoms with van der Waals surface area (Å²) in [5, 5.41) is 14.4. The van der Waals surface area contributed by atoms with E-state index in [1.54, 1.807) is 0 Å². The Morgan fingerprint density at radius 2 is 2.57 bits per heavy atom. The number of rotatable bonds is 3. The van der Waals surface area contributed by atoms with Crippen LogP contribution in [0.25, 0.3) is 0 Å². The number of aliphatic hydroxyl groups excluding tert-OH is 1. The van der Waals surface area contributed by atoms with E-state index >= 15 is 0 Å². The van der Waals surface area contributed by atoms with E-state index in [1.165, 1.54) is 12.8 Å². The third-order valence-corrected chi connectivity index (χ3v) is 4.50. The number of aliphatic hydroxyl groups is 1. The second-order valence-electron chi connectivity index (χ2n) is 4.12. The van der Waals surface area contributed by atoms with Gasteiger partial charge in [0.2, 0.25) is 0 Å². The zero-order valence-corrected chi connectivity index (χ0v) is 9.44. The van der Waals surface area contributed by atoms with Crippen LogP contribution < -0.4 is 5.32 Å². The van der Waals surface area contributed by atoms with Gasteiger partial charge in [-0.25, -0.2) is 0 Å². The summed E-state index contributed by atoms with van der Waals surface area (Å²) in [5.41, 5.74) is -0.0444. The summed E-state index contributed by atoms with van der Waals surface area (Å²) in [5.74, 6) is 0. The molecule has 2 atom stereocenters. The first-order chi connectivity index (χ1) is 6.80. The smallest absolute Gasteiger partial charge is 0.157 e. The van der Waals surface area contributed by atoms with E-state index < -0.39 is 0 Å². The summed E-state index contributed by atoms with van der Waals surface area (Å²) >= 11 is 1.82. The minimum absolute atomic E-state index is 0.0444. The van der Waals surface area contributed by atoms with Crippen LogP contribution in [0.15, 0.2) is 4.99 Å². The normalized spacial score (nSPS) is 38.7. The van der Waals surface area contributed by atoms with Crippen molar-refractivity contribution in [2.24, 2.45) is 4.99 Å². The average molecular weight is 214 g/mol. The van der Waals surface area contributed by atoms with Crippen molar-refractivity contribution in [2.75, 3.05) is 13.2 Å². The van der Waals surface area contributed by atoms with Crippen molar-refractivity contribution in [3.05, 3.63) is 0 Å². The maximum atomic E-state index is 9.44. The number of amidine groups is 1. The van der Waals surface area contributed by atoms with Crippen LogP contribution in [-0.4, -0.2) is 34.2 Å². The van der Waals surface area contributed by atoms with Crippen LogP contribution in [0.3, 0.4) is 0 Å². The van der Waals surface area contributed by atoms with Gasteiger partial charge in [-0.1, -0.05) is 18.7 Å². The van der Waals surface area contributed by atoms with Crippen LogP contribution in [0.4, 0.5) is 0 Å². The average Bonchev–Trinajstić information content (AvgIpc) is 2.70. The largest absolute Gasteiger partial charge is 0.394 e. The molecule has 0 aromatic carbocycles. The molecule has 1 saturated carbocycles. The summed E-state index contributed by atoms with van der Waals surface area (Å²) in [7, 11) is 0. The van der Waals surface area contributed by atoms with Gasteiger partial charge in [0.25, 0.3) is 0 Å². The molecule has 1 heterocycles. The van der Waals surface area contributed by atoms with E-state index in [-0.39, 0.29) is 12.1 Å². The van der Waals surface area contributed by atoms with Gasteiger partial charge < -0.3 is 10.4 Å². The molecular weight excluding hydrogens is 196 g/mol. The summed E-state index contributed by atoms with van der Waals surface area (Å²) in [6.07, 6.45) is 4.62. The molecule has 3 nitrogen and oxygen atoms in total. The van der Waals surface area contributed by atoms with Gasteiger partial charge in [0.1, 0.15) is 0 Å². The van der Waals surface area contributed by atoms with Gasteiger partial charge in [-0.05, 0) is 25.7 Å². The molecule has 0 bridgehead atoms. The van der Waals surface area contributed by atoms with Crippen molar-refractivity contribution in [3.8, 4) is 0 Å². The lowest BCUT2D eigenvalue weighted by molar-refractivity contribution is 0.190. The molecule has 2 N–H and O–H groups in total. The Morgan fingerprint density at radius 3 is 3.21 bits per heavy atom. The molecule has 2 fully saturated rings. The van der Waals surface area contributed by atoms with Crippen molar-refractivity contribution in [1.29, 1.82) is 0 Å². The number of aliphatic imine (C=N–C) groups is 1. The molecule has 0 aromatic heterocycles. The molecule has 4 heteroatoms. The molecule has 1 aliphatic heterocycles. The molecule has 80 valence electrons. The van der Waals surface area contributed by atoms with E-state index in [4.69, 9.17) is 0 Å². The zero-order valence-electron chi connectivity index (χ0n) is 8.62. The van der Waals surface area contributed by atoms with E-state index in [0.717, 1.165) is 24.6 Å². The van der Waals surface area contributed by atoms with E-state index in [0.29, 0.717) is 5.25 Å². The Bertz CT molecular complexity index is 244. The fourth-order valence-corrected chi connectivity index (χ4v) is 3.70. The molecule has 1 aliphatic carbocycles. The van der Waals surface area contributed by atoms with Gasteiger partial charge in [0.05, 0.1) is 12.1 Å². The van der Waals surface area contributed by atoms with Crippen molar-refractivity contribution >= 4 is 16.9 Å². The van der Waals surface area contributed by atoms with Gasteiger partial charge in [0, 0.05) is 11.8 Å². The molecule has 2 unspecified atom stereocenters. The Labute approximate surface area is 89.4 Å². The molecule has 0 amide bonds. The van der Waals surface area contributed by atoms with Crippen LogP contribution in [0.5, 0.6) is 0 Å². The van der Waals surface area contributed by atoms with Gasteiger partial charge in [-0.2, -0.15) is 0 Å². The molecule has 0 radical (unpaired) electrons. The van der Waals surface area contributed by atoms with Gasteiger partial charge >= 0.3 is 0 Å². The topological polar surface area (TPSA) is 44.6 Å². The second-order valence-corrected chi connectivity index (χ2v) is 5.32. The summed E-state index contributed by atoms with van der Waals surface area (Å²) in [6.45, 7) is 3.27. The maximum Gasteiger partial charge on any atom is 0.157 e. The fraction of sp³-hybridized carbons (Fsp3) is 0.900. The van der Waals surface area contributed by atoms with E-state index in [2.05, 4.69) is 17.2 Å². The highest BCUT2D eigenvalue weighted by Gasteiger charge is 2.48. The third kappa shape index (κ3) is 1.65. The minimum Gasteiger partial charge on any atom is -0.394 e. The van der Waals surface area contributed by atoms with Crippen LogP contribution >= 0.6 is 11.8 Å². The molecule has 0 aromatic rings. The van der Waals surface area contributed by atoms with Crippen LogP contribution in [0, 0.1) is 0 Å². The Balaban J connectivity index is 2.05. The molecule has 2 aliphatic rings. The maximum absolute atomic E-state index is 9.44. The van der Waals surface area contributed by atoms with Crippen molar-refractivity contribution in [1.82, 2.24) is 5.32 Å². The van der Waals surface area contributed by atoms with Crippen LogP contribution in [0.1, 0.15) is 32.6 Å². The fourth-order valence-electron chi connectivity index (χ4n) is 2.24. The molecule has 14 heavy (non-hydrogen) atoms. The monoisotopic (exact) mass is 214 g/mol. The first-order valence-corrected chi connectivity index (χ1v) is 6.29. The number of nitrogens with one attached hydrogen (secondary N) is 1. The Hall–Kier alpha value is -0.220. The second kappa shape index (κ2) is 4.11. The van der Waals surface area contributed by atoms with Gasteiger partial charge in [-0.3, -0.25) is 4.99 Å². The first-order valence-electron chi connectivity index (χ1n) is 5.41. The standard InChI is InChI=1S/C10H18N2OS/c1-2-6-11-9-12-10(7-13)5-3-4-8(10)14-9/h8,13H,2-7H2,1H3,(H,11,12). The number of hydrogen-bond acceptors (Lipinski definition) is 3. The molecule has 1 saturated heterocycles. The number of thioether (sulfide) groups is 1. The Morgan fingerprint density at radius 1 is 1.71 bits per heavy atom. The van der Waals surface area contributed by atoms with Crippen molar-refractivity contribution in [3.63, 3.8) is 0 Å². The Kier molecular flexibility index (Phi) is 3.02. The molecule has 2 rings (SSSR count). The number of fused-ring (bicyclic) bond motifs is 1. The van der Waals surface area contributed by atoms with Crippen molar-refractivity contribution in [2.45, 2.75) is 43.4 Å². The predicted molar refractivity (Wildman–Crippen MR) is 60.8 cm³/mol. The van der Waals surface area contributed by atoms with Crippen molar-refractivity contribution < 1.29 is 5.11 Å². The van der Waals surface area contributed by atoms with Crippen LogP contribution in [-0.2, 0) is 0 Å². The summed E-state index contributed by atoms with van der Waals surface area (Å²) in [6, 6.07) is 0. The lowest BCUT2D eigenvalue weighted by atomic mass is 9.99. The molecular formula is C10H18N2OS. The van der Waals surface area contributed by atoms with E-state index in [9.17, 15) is 5.11 Å². The highest BCUT2D eigenvalue weighted by atomic mass is 32.2. The SMILES string of the molecule is CCCN=C1NC2(CO)CCCC2S1. The summed E-state index contributed by atoms with van der Waals surface area (Å²) < 4.78 is 0. The molecule has 0 spiro atoms. The summed E-state index contributed by atoms with van der Waals surface area (Å²) in [4.78, 5) is 4.47. The zero-order chi connectivity index (χ0) is 10.0. The number of hydrogen-bond donors (Lipinski definition) is 2. The quantitative estimate of drug-likeness (QED) is 0.746. The van der Waals surface area contributed by atoms with E-state index in [1.807, 2.05) is 11.8 Å². The lowest BCUT2D eigenvalue weighted by Crippen LogP contribution is -2.48. The first kappa shape index (κ1) is 10.3. The third-order valence-electron chi connectivity index (χ3n) is 3.08.